The molecule has 0 amide bonds. The van der Waals surface area contributed by atoms with E-state index in [1.807, 2.05) is 23.6 Å². The molecule has 0 aliphatic carbocycles. The molecule has 11 heteroatoms. The number of sulfonamides is 1. The fourth-order valence-corrected chi connectivity index (χ4v) is 7.25. The Balaban J connectivity index is 1.30. The van der Waals surface area contributed by atoms with Gasteiger partial charge in [-0.05, 0) is 72.5 Å². The highest BCUT2D eigenvalue weighted by Crippen LogP contribution is 2.36. The van der Waals surface area contributed by atoms with Crippen molar-refractivity contribution in [1.29, 1.82) is 0 Å². The van der Waals surface area contributed by atoms with Crippen LogP contribution in [0.4, 0.5) is 10.1 Å². The lowest BCUT2D eigenvalue weighted by molar-refractivity contribution is 0.601. The van der Waals surface area contributed by atoms with Gasteiger partial charge in [-0.1, -0.05) is 30.0 Å². The van der Waals surface area contributed by atoms with Gasteiger partial charge in [0.05, 0.1) is 15.5 Å². The highest BCUT2D eigenvalue weighted by Gasteiger charge is 2.16. The van der Waals surface area contributed by atoms with Crippen LogP contribution in [-0.4, -0.2) is 18.4 Å². The summed E-state index contributed by atoms with van der Waals surface area (Å²) in [4.78, 5) is 23.5. The van der Waals surface area contributed by atoms with Crippen LogP contribution < -0.4 is 10.3 Å². The van der Waals surface area contributed by atoms with E-state index in [0.717, 1.165) is 15.3 Å². The molecule has 6 nitrogen and oxygen atoms in total. The third-order valence-electron chi connectivity index (χ3n) is 5.44. The molecule has 2 aromatic carbocycles. The minimum absolute atomic E-state index is 0.0916. The second-order valence-electron chi connectivity index (χ2n) is 8.03. The highest BCUT2D eigenvalue weighted by atomic mass is 32.2. The summed E-state index contributed by atoms with van der Waals surface area (Å²) in [5.41, 5.74) is 2.18. The molecule has 3 aromatic heterocycles. The molecule has 0 spiro atoms. The van der Waals surface area contributed by atoms with Crippen molar-refractivity contribution in [1.82, 2.24) is 9.97 Å². The van der Waals surface area contributed by atoms with Gasteiger partial charge >= 0.3 is 0 Å². The topological polar surface area (TPSA) is 91.9 Å². The number of thioether (sulfide) groups is 1. The van der Waals surface area contributed by atoms with E-state index in [4.69, 9.17) is 4.98 Å². The van der Waals surface area contributed by atoms with E-state index >= 15 is 0 Å². The molecule has 0 unspecified atom stereocenters. The first-order valence-corrected chi connectivity index (χ1v) is 15.2. The maximum Gasteiger partial charge on any atom is 0.261 e. The largest absolute Gasteiger partial charge is 0.301 e. The van der Waals surface area contributed by atoms with Gasteiger partial charge in [-0.3, -0.25) is 9.52 Å². The van der Waals surface area contributed by atoms with E-state index in [9.17, 15) is 17.6 Å². The number of hydrogen-bond acceptors (Lipinski definition) is 7. The number of rotatable bonds is 8. The molecular weight excluding hydrogens is 550 g/mol. The third-order valence-corrected chi connectivity index (χ3v) is 9.94. The van der Waals surface area contributed by atoms with Crippen molar-refractivity contribution in [2.45, 2.75) is 22.7 Å². The Morgan fingerprint density at radius 2 is 1.70 bits per heavy atom. The minimum atomic E-state index is -3.81. The number of aromatic amines is 1. The van der Waals surface area contributed by atoms with Crippen molar-refractivity contribution in [3.05, 3.63) is 105 Å². The highest BCUT2D eigenvalue weighted by molar-refractivity contribution is 7.98. The van der Waals surface area contributed by atoms with E-state index in [2.05, 4.69) is 15.8 Å². The fraction of sp³-hybridized carbons (Fsp3) is 0.0769. The summed E-state index contributed by atoms with van der Waals surface area (Å²) in [6.07, 6.45) is 0. The lowest BCUT2D eigenvalue weighted by atomic mass is 10.2. The van der Waals surface area contributed by atoms with Crippen LogP contribution in [0.15, 0.2) is 93.0 Å². The molecule has 0 atom stereocenters. The first kappa shape index (κ1) is 25.4. The quantitative estimate of drug-likeness (QED) is 0.159. The Morgan fingerprint density at radius 3 is 2.41 bits per heavy atom. The number of aromatic nitrogens is 2. The molecular formula is C26H20FN3O3S4. The fourth-order valence-electron chi connectivity index (χ4n) is 3.48. The van der Waals surface area contributed by atoms with Crippen molar-refractivity contribution in [3.8, 4) is 20.3 Å². The van der Waals surface area contributed by atoms with Crippen LogP contribution in [0, 0.1) is 12.7 Å². The zero-order valence-electron chi connectivity index (χ0n) is 19.4. The van der Waals surface area contributed by atoms with Crippen molar-refractivity contribution >= 4 is 50.1 Å². The summed E-state index contributed by atoms with van der Waals surface area (Å²) in [5.74, 6) is 0.0436. The molecule has 0 radical (unpaired) electrons. The SMILES string of the molecule is Cc1c(-c2ccc(-c3cccs3)s2)nc(SCc2ccc(S(=O)(=O)Nc3ccc(F)cc3)cc2)[nH]c1=O. The Labute approximate surface area is 225 Å². The van der Waals surface area contributed by atoms with Crippen molar-refractivity contribution in [2.75, 3.05) is 4.72 Å². The second-order valence-corrected chi connectivity index (χ2v) is 12.7. The predicted octanol–water partition coefficient (Wildman–Crippen LogP) is 6.77. The van der Waals surface area contributed by atoms with Crippen LogP contribution in [0.3, 0.4) is 0 Å². The molecule has 5 rings (SSSR count). The van der Waals surface area contributed by atoms with Crippen LogP contribution in [-0.2, 0) is 15.8 Å². The van der Waals surface area contributed by atoms with Gasteiger partial charge in [-0.25, -0.2) is 17.8 Å². The maximum absolute atomic E-state index is 13.1. The van der Waals surface area contributed by atoms with Crippen LogP contribution in [0.1, 0.15) is 11.1 Å². The summed E-state index contributed by atoms with van der Waals surface area (Å²) in [5, 5.41) is 2.52. The number of nitrogens with zero attached hydrogens (tertiary/aromatic N) is 1. The number of thiophene rings is 2. The van der Waals surface area contributed by atoms with Crippen LogP contribution >= 0.6 is 34.4 Å². The normalized spacial score (nSPS) is 11.5. The molecule has 2 N–H and O–H groups in total. The van der Waals surface area contributed by atoms with Crippen molar-refractivity contribution in [2.24, 2.45) is 0 Å². The van der Waals surface area contributed by atoms with E-state index < -0.39 is 15.8 Å². The van der Waals surface area contributed by atoms with Gasteiger partial charge in [0.2, 0.25) is 0 Å². The standard InChI is InChI=1S/C26H20FN3O3S4/c1-16-24(23-13-12-22(36-23)21-3-2-14-34-21)28-26(29-25(16)31)35-15-17-4-10-20(11-5-17)37(32,33)30-19-8-6-18(27)7-9-19/h2-14,30H,15H2,1H3,(H,28,29,31). The summed E-state index contributed by atoms with van der Waals surface area (Å²) < 4.78 is 40.8. The number of benzene rings is 2. The van der Waals surface area contributed by atoms with Crippen LogP contribution in [0.2, 0.25) is 0 Å². The van der Waals surface area contributed by atoms with Gasteiger partial charge in [0.1, 0.15) is 5.82 Å². The Hall–Kier alpha value is -3.25. The molecule has 37 heavy (non-hydrogen) atoms. The molecule has 3 heterocycles. The second kappa shape index (κ2) is 10.6. The molecule has 0 aliphatic heterocycles. The smallest absolute Gasteiger partial charge is 0.261 e. The monoisotopic (exact) mass is 569 g/mol. The Bertz CT molecular complexity index is 1690. The van der Waals surface area contributed by atoms with Gasteiger partial charge < -0.3 is 4.98 Å². The third kappa shape index (κ3) is 5.85. The van der Waals surface area contributed by atoms with Gasteiger partial charge in [-0.15, -0.1) is 22.7 Å². The molecule has 188 valence electrons. The summed E-state index contributed by atoms with van der Waals surface area (Å²) in [6.45, 7) is 1.76. The summed E-state index contributed by atoms with van der Waals surface area (Å²) >= 11 is 4.63. The number of nitrogens with one attached hydrogen (secondary N) is 2. The van der Waals surface area contributed by atoms with E-state index in [1.165, 1.54) is 53.0 Å². The van der Waals surface area contributed by atoms with E-state index in [1.54, 1.807) is 41.7 Å². The Morgan fingerprint density at radius 1 is 0.973 bits per heavy atom. The first-order chi connectivity index (χ1) is 17.8. The molecule has 0 saturated heterocycles. The molecule has 5 aromatic rings. The average molecular weight is 570 g/mol. The minimum Gasteiger partial charge on any atom is -0.301 e. The average Bonchev–Trinajstić information content (AvgIpc) is 3.59. The van der Waals surface area contributed by atoms with Crippen molar-refractivity contribution in [3.63, 3.8) is 0 Å². The zero-order chi connectivity index (χ0) is 26.0. The number of anilines is 1. The van der Waals surface area contributed by atoms with Gasteiger partial charge in [0.15, 0.2) is 5.16 Å². The van der Waals surface area contributed by atoms with Gasteiger partial charge in [0.25, 0.3) is 15.6 Å². The van der Waals surface area contributed by atoms with Gasteiger partial charge in [-0.2, -0.15) is 0 Å². The van der Waals surface area contributed by atoms with Crippen LogP contribution in [0.25, 0.3) is 20.3 Å². The summed E-state index contributed by atoms with van der Waals surface area (Å²) in [7, 11) is -3.81. The number of H-pyrrole nitrogens is 1. The van der Waals surface area contributed by atoms with E-state index in [-0.39, 0.29) is 16.1 Å². The Kier molecular flexibility index (Phi) is 7.29. The molecule has 0 bridgehead atoms. The zero-order valence-corrected chi connectivity index (χ0v) is 22.7. The molecule has 0 fully saturated rings. The first-order valence-electron chi connectivity index (χ1n) is 11.0. The number of hydrogen-bond donors (Lipinski definition) is 2. The number of halogens is 1. The van der Waals surface area contributed by atoms with Crippen LogP contribution in [0.5, 0.6) is 0 Å². The lowest BCUT2D eigenvalue weighted by Gasteiger charge is -2.09. The van der Waals surface area contributed by atoms with Gasteiger partial charge in [0, 0.05) is 26.8 Å². The summed E-state index contributed by atoms with van der Waals surface area (Å²) in [6, 6.07) is 19.7. The van der Waals surface area contributed by atoms with Crippen molar-refractivity contribution < 1.29 is 12.8 Å². The maximum atomic E-state index is 13.1. The molecule has 0 saturated carbocycles. The lowest BCUT2D eigenvalue weighted by Crippen LogP contribution is -2.13. The predicted molar refractivity (Wildman–Crippen MR) is 149 cm³/mol. The van der Waals surface area contributed by atoms with E-state index in [0.29, 0.717) is 22.2 Å². The molecule has 0 aliphatic rings.